The summed E-state index contributed by atoms with van der Waals surface area (Å²) in [5.41, 5.74) is 0. The molecule has 2 nitrogen and oxygen atoms in total. The number of rotatable bonds is 0. The van der Waals surface area contributed by atoms with E-state index in [0.717, 1.165) is 6.61 Å². The summed E-state index contributed by atoms with van der Waals surface area (Å²) >= 11 is 0. The minimum atomic E-state index is -0.440. The molecule has 0 amide bonds. The van der Waals surface area contributed by atoms with Crippen molar-refractivity contribution in [3.8, 4) is 0 Å². The Labute approximate surface area is 61.2 Å². The average Bonchev–Trinajstić information content (AvgIpc) is 2.34. The van der Waals surface area contributed by atoms with Gasteiger partial charge in [0.2, 0.25) is 0 Å². The largest absolute Gasteiger partial charge is 0.368 e. The van der Waals surface area contributed by atoms with Crippen LogP contribution in [-0.4, -0.2) is 18.0 Å². The number of hydrogen-bond acceptors (Lipinski definition) is 2. The van der Waals surface area contributed by atoms with E-state index in [9.17, 15) is 5.11 Å². The number of fused-ring (bicyclic) bond motifs is 1. The van der Waals surface area contributed by atoms with Gasteiger partial charge in [0.25, 0.3) is 0 Å². The third-order valence-electron chi connectivity index (χ3n) is 2.82. The van der Waals surface area contributed by atoms with Gasteiger partial charge in [0, 0.05) is 5.92 Å². The van der Waals surface area contributed by atoms with Gasteiger partial charge >= 0.3 is 0 Å². The van der Waals surface area contributed by atoms with E-state index in [1.165, 1.54) is 25.7 Å². The predicted molar refractivity (Wildman–Crippen MR) is 37.4 cm³/mol. The molecule has 1 saturated carbocycles. The fourth-order valence-corrected chi connectivity index (χ4v) is 2.16. The lowest BCUT2D eigenvalue weighted by atomic mass is 9.81. The van der Waals surface area contributed by atoms with Gasteiger partial charge in [-0.3, -0.25) is 0 Å². The molecule has 2 unspecified atom stereocenters. The third kappa shape index (κ3) is 0.956. The van der Waals surface area contributed by atoms with Crippen molar-refractivity contribution in [2.75, 3.05) is 6.61 Å². The van der Waals surface area contributed by atoms with Gasteiger partial charge in [-0.15, -0.1) is 0 Å². The molecule has 2 heteroatoms. The van der Waals surface area contributed by atoms with Gasteiger partial charge in [0.1, 0.15) is 0 Å². The number of ether oxygens (including phenoxy) is 1. The molecule has 1 N–H and O–H groups in total. The maximum absolute atomic E-state index is 9.30. The molecular formula is C8H14O2. The fourth-order valence-electron chi connectivity index (χ4n) is 2.16. The van der Waals surface area contributed by atoms with E-state index in [-0.39, 0.29) is 0 Å². The van der Waals surface area contributed by atoms with Crippen molar-refractivity contribution >= 4 is 0 Å². The standard InChI is InChI=1S/C8H14O2/c9-8-7-4-2-1-3-6(7)5-10-8/h6-9H,1-5H2/t6?,7?,8-/m0/s1. The average molecular weight is 142 g/mol. The van der Waals surface area contributed by atoms with Gasteiger partial charge in [-0.05, 0) is 18.8 Å². The molecule has 2 rings (SSSR count). The molecule has 2 aliphatic rings. The first kappa shape index (κ1) is 6.62. The Balaban J connectivity index is 2.01. The Morgan fingerprint density at radius 1 is 1.20 bits per heavy atom. The Hall–Kier alpha value is -0.0800. The first-order chi connectivity index (χ1) is 4.88. The Morgan fingerprint density at radius 2 is 2.00 bits per heavy atom. The fraction of sp³-hybridized carbons (Fsp3) is 1.00. The first-order valence-electron chi connectivity index (χ1n) is 4.17. The van der Waals surface area contributed by atoms with Crippen LogP contribution in [0.4, 0.5) is 0 Å². The number of hydrogen-bond donors (Lipinski definition) is 1. The minimum absolute atomic E-state index is 0.440. The van der Waals surface area contributed by atoms with E-state index in [4.69, 9.17) is 4.74 Å². The lowest BCUT2D eigenvalue weighted by molar-refractivity contribution is -0.0844. The van der Waals surface area contributed by atoms with Gasteiger partial charge in [-0.2, -0.15) is 0 Å². The highest BCUT2D eigenvalue weighted by Gasteiger charge is 2.37. The summed E-state index contributed by atoms with van der Waals surface area (Å²) in [6.07, 6.45) is 4.61. The molecule has 1 heterocycles. The highest BCUT2D eigenvalue weighted by atomic mass is 16.6. The van der Waals surface area contributed by atoms with Gasteiger partial charge in [-0.25, -0.2) is 0 Å². The lowest BCUT2D eigenvalue weighted by Gasteiger charge is -2.24. The summed E-state index contributed by atoms with van der Waals surface area (Å²) in [6.45, 7) is 0.797. The first-order valence-corrected chi connectivity index (χ1v) is 4.17. The van der Waals surface area contributed by atoms with Crippen molar-refractivity contribution in [1.82, 2.24) is 0 Å². The molecule has 0 radical (unpaired) electrons. The van der Waals surface area contributed by atoms with Crippen LogP contribution in [0, 0.1) is 11.8 Å². The molecule has 1 aliphatic carbocycles. The van der Waals surface area contributed by atoms with E-state index in [1.54, 1.807) is 0 Å². The zero-order valence-corrected chi connectivity index (χ0v) is 6.12. The van der Waals surface area contributed by atoms with E-state index in [1.807, 2.05) is 0 Å². The molecule has 3 atom stereocenters. The van der Waals surface area contributed by atoms with Gasteiger partial charge in [0.05, 0.1) is 6.61 Å². The lowest BCUT2D eigenvalue weighted by Crippen LogP contribution is -2.22. The van der Waals surface area contributed by atoms with Crippen molar-refractivity contribution in [2.24, 2.45) is 11.8 Å². The SMILES string of the molecule is O[C@H]1OCC2CCCCC21. The molecule has 0 aromatic rings. The van der Waals surface area contributed by atoms with Gasteiger partial charge in [0.15, 0.2) is 6.29 Å². The monoisotopic (exact) mass is 142 g/mol. The van der Waals surface area contributed by atoms with Crippen molar-refractivity contribution < 1.29 is 9.84 Å². The molecule has 0 aromatic heterocycles. The topological polar surface area (TPSA) is 29.5 Å². The zero-order chi connectivity index (χ0) is 6.97. The zero-order valence-electron chi connectivity index (χ0n) is 6.12. The predicted octanol–water partition coefficient (Wildman–Crippen LogP) is 1.14. The second kappa shape index (κ2) is 2.51. The number of aliphatic hydroxyl groups excluding tert-OH is 1. The van der Waals surface area contributed by atoms with Crippen LogP contribution in [-0.2, 0) is 4.74 Å². The van der Waals surface area contributed by atoms with Crippen LogP contribution in [0.1, 0.15) is 25.7 Å². The third-order valence-corrected chi connectivity index (χ3v) is 2.82. The van der Waals surface area contributed by atoms with Crippen molar-refractivity contribution in [1.29, 1.82) is 0 Å². The molecule has 10 heavy (non-hydrogen) atoms. The van der Waals surface area contributed by atoms with E-state index >= 15 is 0 Å². The van der Waals surface area contributed by atoms with Crippen LogP contribution >= 0.6 is 0 Å². The second-order valence-corrected chi connectivity index (χ2v) is 3.43. The van der Waals surface area contributed by atoms with Crippen LogP contribution in [0.25, 0.3) is 0 Å². The van der Waals surface area contributed by atoms with Crippen molar-refractivity contribution in [3.05, 3.63) is 0 Å². The molecule has 1 aliphatic heterocycles. The quantitative estimate of drug-likeness (QED) is 0.549. The molecular weight excluding hydrogens is 128 g/mol. The minimum Gasteiger partial charge on any atom is -0.368 e. The normalized spacial score (nSPS) is 47.1. The van der Waals surface area contributed by atoms with Crippen molar-refractivity contribution in [3.63, 3.8) is 0 Å². The highest BCUT2D eigenvalue weighted by Crippen LogP contribution is 2.37. The van der Waals surface area contributed by atoms with Crippen LogP contribution in [0.15, 0.2) is 0 Å². The molecule has 1 saturated heterocycles. The van der Waals surface area contributed by atoms with E-state index in [2.05, 4.69) is 0 Å². The summed E-state index contributed by atoms with van der Waals surface area (Å²) in [7, 11) is 0. The van der Waals surface area contributed by atoms with Crippen LogP contribution in [0.3, 0.4) is 0 Å². The van der Waals surface area contributed by atoms with E-state index < -0.39 is 6.29 Å². The Bertz CT molecular complexity index is 122. The smallest absolute Gasteiger partial charge is 0.157 e. The summed E-state index contributed by atoms with van der Waals surface area (Å²) < 4.78 is 5.16. The summed E-state index contributed by atoms with van der Waals surface area (Å²) in [5, 5.41) is 9.30. The maximum atomic E-state index is 9.30. The molecule has 0 aromatic carbocycles. The molecule has 0 spiro atoms. The molecule has 0 bridgehead atoms. The molecule has 2 fully saturated rings. The highest BCUT2D eigenvalue weighted by molar-refractivity contribution is 4.81. The number of aliphatic hydroxyl groups is 1. The second-order valence-electron chi connectivity index (χ2n) is 3.43. The molecule has 58 valence electrons. The Kier molecular flexibility index (Phi) is 1.66. The van der Waals surface area contributed by atoms with Gasteiger partial charge < -0.3 is 9.84 Å². The van der Waals surface area contributed by atoms with Crippen molar-refractivity contribution in [2.45, 2.75) is 32.0 Å². The maximum Gasteiger partial charge on any atom is 0.157 e. The Morgan fingerprint density at radius 3 is 2.80 bits per heavy atom. The van der Waals surface area contributed by atoms with Gasteiger partial charge in [-0.1, -0.05) is 12.8 Å². The van der Waals surface area contributed by atoms with Crippen LogP contribution < -0.4 is 0 Å². The summed E-state index contributed by atoms with van der Waals surface area (Å²) in [6, 6.07) is 0. The van der Waals surface area contributed by atoms with Crippen LogP contribution in [0.2, 0.25) is 0 Å². The summed E-state index contributed by atoms with van der Waals surface area (Å²) in [4.78, 5) is 0. The summed E-state index contributed by atoms with van der Waals surface area (Å²) in [5.74, 6) is 1.14. The van der Waals surface area contributed by atoms with E-state index in [0.29, 0.717) is 11.8 Å². The van der Waals surface area contributed by atoms with Crippen LogP contribution in [0.5, 0.6) is 0 Å².